The summed E-state index contributed by atoms with van der Waals surface area (Å²) in [6.45, 7) is 5.69. The summed E-state index contributed by atoms with van der Waals surface area (Å²) >= 11 is 3.43. The topological polar surface area (TPSA) is 67.7 Å². The number of morpholine rings is 1. The third-order valence-corrected chi connectivity index (χ3v) is 6.29. The molecule has 4 rings (SSSR count). The molecule has 0 N–H and O–H groups in total. The van der Waals surface area contributed by atoms with Gasteiger partial charge in [-0.15, -0.1) is 0 Å². The number of hydrogen-bond acceptors (Lipinski definition) is 4. The van der Waals surface area contributed by atoms with E-state index in [-0.39, 0.29) is 17.7 Å². The van der Waals surface area contributed by atoms with E-state index in [1.54, 1.807) is 10.9 Å². The molecule has 2 amide bonds. The Labute approximate surface area is 178 Å². The highest BCUT2D eigenvalue weighted by Crippen LogP contribution is 2.23. The maximum atomic E-state index is 13.1. The summed E-state index contributed by atoms with van der Waals surface area (Å²) in [6, 6.07) is 7.82. The number of benzene rings is 1. The quantitative estimate of drug-likeness (QED) is 0.705. The van der Waals surface area contributed by atoms with Crippen molar-refractivity contribution < 1.29 is 14.3 Å². The van der Waals surface area contributed by atoms with Gasteiger partial charge in [0, 0.05) is 36.6 Å². The van der Waals surface area contributed by atoms with E-state index in [0.717, 1.165) is 15.9 Å². The van der Waals surface area contributed by atoms with Gasteiger partial charge in [-0.25, -0.2) is 4.68 Å². The zero-order valence-corrected chi connectivity index (χ0v) is 18.1. The van der Waals surface area contributed by atoms with Gasteiger partial charge in [0.25, 0.3) is 5.91 Å². The number of amides is 2. The van der Waals surface area contributed by atoms with Crippen molar-refractivity contribution in [2.24, 2.45) is 5.92 Å². The fourth-order valence-corrected chi connectivity index (χ4v) is 4.27. The molecule has 2 fully saturated rings. The molecule has 154 valence electrons. The van der Waals surface area contributed by atoms with Gasteiger partial charge in [0.1, 0.15) is 0 Å². The molecule has 3 heterocycles. The van der Waals surface area contributed by atoms with Crippen molar-refractivity contribution in [2.45, 2.75) is 19.8 Å². The Morgan fingerprint density at radius 3 is 2.34 bits per heavy atom. The number of ether oxygens (including phenoxy) is 1. The molecule has 0 unspecified atom stereocenters. The summed E-state index contributed by atoms with van der Waals surface area (Å²) < 4.78 is 8.11. The largest absolute Gasteiger partial charge is 0.378 e. The highest BCUT2D eigenvalue weighted by atomic mass is 79.9. The molecule has 2 aliphatic rings. The van der Waals surface area contributed by atoms with Crippen LogP contribution in [-0.4, -0.2) is 70.8 Å². The lowest BCUT2D eigenvalue weighted by Crippen LogP contribution is -2.47. The fraction of sp³-hybridized carbons (Fsp3) is 0.476. The molecule has 8 heteroatoms. The Morgan fingerprint density at radius 1 is 1.03 bits per heavy atom. The van der Waals surface area contributed by atoms with E-state index < -0.39 is 0 Å². The summed E-state index contributed by atoms with van der Waals surface area (Å²) in [5.74, 6) is 0.200. The predicted molar refractivity (Wildman–Crippen MR) is 112 cm³/mol. The van der Waals surface area contributed by atoms with Crippen LogP contribution in [0.4, 0.5) is 0 Å². The van der Waals surface area contributed by atoms with Gasteiger partial charge >= 0.3 is 0 Å². The van der Waals surface area contributed by atoms with Gasteiger partial charge in [-0.05, 0) is 44.0 Å². The second-order valence-corrected chi connectivity index (χ2v) is 8.45. The lowest BCUT2D eigenvalue weighted by Gasteiger charge is -2.35. The molecule has 0 radical (unpaired) electrons. The van der Waals surface area contributed by atoms with E-state index in [1.165, 1.54) is 0 Å². The first-order chi connectivity index (χ1) is 14.0. The summed E-state index contributed by atoms with van der Waals surface area (Å²) in [5, 5.41) is 4.42. The molecule has 0 bridgehead atoms. The molecule has 1 aromatic heterocycles. The Bertz CT molecular complexity index is 882. The van der Waals surface area contributed by atoms with Crippen molar-refractivity contribution in [2.75, 3.05) is 39.4 Å². The minimum Gasteiger partial charge on any atom is -0.378 e. The van der Waals surface area contributed by atoms with Gasteiger partial charge < -0.3 is 14.5 Å². The van der Waals surface area contributed by atoms with Crippen molar-refractivity contribution >= 4 is 27.7 Å². The molecule has 2 aliphatic heterocycles. The molecule has 2 saturated heterocycles. The van der Waals surface area contributed by atoms with E-state index in [9.17, 15) is 9.59 Å². The SMILES string of the molecule is Cc1c(C(=O)N2CCC(C(=O)N3CCOCC3)CC2)cnn1-c1ccc(Br)cc1. The Morgan fingerprint density at radius 2 is 1.69 bits per heavy atom. The monoisotopic (exact) mass is 460 g/mol. The third-order valence-electron chi connectivity index (χ3n) is 5.77. The second-order valence-electron chi connectivity index (χ2n) is 7.54. The van der Waals surface area contributed by atoms with Crippen molar-refractivity contribution in [3.05, 3.63) is 46.2 Å². The van der Waals surface area contributed by atoms with Crippen molar-refractivity contribution in [3.8, 4) is 5.69 Å². The first-order valence-electron chi connectivity index (χ1n) is 10.0. The van der Waals surface area contributed by atoms with Crippen molar-refractivity contribution in [1.29, 1.82) is 0 Å². The lowest BCUT2D eigenvalue weighted by molar-refractivity contribution is -0.141. The average Bonchev–Trinajstić information content (AvgIpc) is 3.15. The number of hydrogen-bond donors (Lipinski definition) is 0. The van der Waals surface area contributed by atoms with Gasteiger partial charge in [0.2, 0.25) is 5.91 Å². The van der Waals surface area contributed by atoms with E-state index in [4.69, 9.17) is 4.74 Å². The van der Waals surface area contributed by atoms with Crippen LogP contribution < -0.4 is 0 Å². The van der Waals surface area contributed by atoms with Crippen LogP contribution >= 0.6 is 15.9 Å². The second kappa shape index (κ2) is 8.67. The van der Waals surface area contributed by atoms with Crippen LogP contribution in [0, 0.1) is 12.8 Å². The summed E-state index contributed by atoms with van der Waals surface area (Å²) in [7, 11) is 0. The van der Waals surface area contributed by atoms with E-state index in [2.05, 4.69) is 21.0 Å². The Balaban J connectivity index is 1.40. The third kappa shape index (κ3) is 4.23. The standard InChI is InChI=1S/C21H25BrN4O3/c1-15-19(14-23-26(15)18-4-2-17(22)3-5-18)21(28)24-8-6-16(7-9-24)20(27)25-10-12-29-13-11-25/h2-5,14,16H,6-13H2,1H3. The van der Waals surface area contributed by atoms with Crippen molar-refractivity contribution in [3.63, 3.8) is 0 Å². The number of halogens is 1. The van der Waals surface area contributed by atoms with Gasteiger partial charge in [-0.3, -0.25) is 9.59 Å². The van der Waals surface area contributed by atoms with Gasteiger partial charge in [0.05, 0.1) is 36.4 Å². The number of likely N-dealkylation sites (tertiary alicyclic amines) is 1. The molecule has 0 atom stereocenters. The maximum absolute atomic E-state index is 13.1. The average molecular weight is 461 g/mol. The first kappa shape index (κ1) is 20.1. The molecule has 7 nitrogen and oxygen atoms in total. The molecule has 0 aliphatic carbocycles. The summed E-state index contributed by atoms with van der Waals surface area (Å²) in [6.07, 6.45) is 3.06. The zero-order chi connectivity index (χ0) is 20.4. The van der Waals surface area contributed by atoms with Crippen LogP contribution in [0.5, 0.6) is 0 Å². The molecule has 2 aromatic rings. The van der Waals surface area contributed by atoms with Crippen LogP contribution in [-0.2, 0) is 9.53 Å². The number of rotatable bonds is 3. The molecule has 0 spiro atoms. The highest BCUT2D eigenvalue weighted by molar-refractivity contribution is 9.10. The number of nitrogens with zero attached hydrogens (tertiary/aromatic N) is 4. The summed E-state index contributed by atoms with van der Waals surface area (Å²) in [4.78, 5) is 29.5. The predicted octanol–water partition coefficient (Wildman–Crippen LogP) is 2.65. The maximum Gasteiger partial charge on any atom is 0.257 e. The van der Waals surface area contributed by atoms with Crippen LogP contribution in [0.3, 0.4) is 0 Å². The number of carbonyl (C=O) groups excluding carboxylic acids is 2. The van der Waals surface area contributed by atoms with Gasteiger partial charge in [-0.2, -0.15) is 5.10 Å². The molecular weight excluding hydrogens is 436 g/mol. The normalized spacial score (nSPS) is 18.1. The number of piperidine rings is 1. The van der Waals surface area contributed by atoms with E-state index in [0.29, 0.717) is 57.8 Å². The van der Waals surface area contributed by atoms with Gasteiger partial charge in [0.15, 0.2) is 0 Å². The van der Waals surface area contributed by atoms with Gasteiger partial charge in [-0.1, -0.05) is 15.9 Å². The van der Waals surface area contributed by atoms with Crippen LogP contribution in [0.25, 0.3) is 5.69 Å². The minimum atomic E-state index is -0.0110. The summed E-state index contributed by atoms with van der Waals surface area (Å²) in [5.41, 5.74) is 2.36. The van der Waals surface area contributed by atoms with Crippen LogP contribution in [0.15, 0.2) is 34.9 Å². The first-order valence-corrected chi connectivity index (χ1v) is 10.8. The van der Waals surface area contributed by atoms with E-state index in [1.807, 2.05) is 41.0 Å². The molecule has 1 aromatic carbocycles. The van der Waals surface area contributed by atoms with Crippen LogP contribution in [0.1, 0.15) is 28.9 Å². The Hall–Kier alpha value is -2.19. The Kier molecular flexibility index (Phi) is 6.01. The fourth-order valence-electron chi connectivity index (χ4n) is 4.00. The minimum absolute atomic E-state index is 0.00346. The number of aromatic nitrogens is 2. The van der Waals surface area contributed by atoms with Crippen molar-refractivity contribution in [1.82, 2.24) is 19.6 Å². The molecule has 29 heavy (non-hydrogen) atoms. The molecule has 0 saturated carbocycles. The van der Waals surface area contributed by atoms with Crippen LogP contribution in [0.2, 0.25) is 0 Å². The molecular formula is C21H25BrN4O3. The van der Waals surface area contributed by atoms with E-state index >= 15 is 0 Å². The lowest BCUT2D eigenvalue weighted by atomic mass is 9.94. The zero-order valence-electron chi connectivity index (χ0n) is 16.5. The highest BCUT2D eigenvalue weighted by Gasteiger charge is 2.32. The smallest absolute Gasteiger partial charge is 0.257 e. The number of carbonyl (C=O) groups is 2.